The molecular weight excluding hydrogens is 292 g/mol. The number of hydrogen-bond donors (Lipinski definition) is 0. The highest BCUT2D eigenvalue weighted by Crippen LogP contribution is 2.35. The average Bonchev–Trinajstić information content (AvgIpc) is 3.35. The van der Waals surface area contributed by atoms with E-state index >= 15 is 0 Å². The van der Waals surface area contributed by atoms with Gasteiger partial charge in [0.15, 0.2) is 0 Å². The van der Waals surface area contributed by atoms with Crippen molar-refractivity contribution in [3.63, 3.8) is 0 Å². The summed E-state index contributed by atoms with van der Waals surface area (Å²) in [5.41, 5.74) is 2.60. The molecule has 2 atom stereocenters. The van der Waals surface area contributed by atoms with Crippen LogP contribution in [0.15, 0.2) is 110 Å². The molecule has 0 amide bonds. The summed E-state index contributed by atoms with van der Waals surface area (Å²) in [4.78, 5) is 0. The van der Waals surface area contributed by atoms with E-state index in [0.29, 0.717) is 0 Å². The predicted molar refractivity (Wildman–Crippen MR) is 98.0 cm³/mol. The van der Waals surface area contributed by atoms with Crippen LogP contribution in [0, 0.1) is 0 Å². The minimum atomic E-state index is 0.191. The van der Waals surface area contributed by atoms with Crippen LogP contribution in [-0.2, 0) is 0 Å². The first-order valence-corrected chi connectivity index (χ1v) is 8.28. The Bertz CT molecular complexity index is 771. The van der Waals surface area contributed by atoms with Crippen LogP contribution in [0.3, 0.4) is 0 Å². The monoisotopic (exact) mass is 312 g/mol. The Morgan fingerprint density at radius 1 is 0.417 bits per heavy atom. The molecule has 24 heavy (non-hydrogen) atoms. The lowest BCUT2D eigenvalue weighted by atomic mass is 9.93. The molecule has 2 heteroatoms. The van der Waals surface area contributed by atoms with Gasteiger partial charge in [0.05, 0.1) is 12.1 Å². The molecule has 2 aromatic carbocycles. The molecule has 0 radical (unpaired) electrons. The third-order valence-electron chi connectivity index (χ3n) is 4.48. The second kappa shape index (κ2) is 6.63. The largest absolute Gasteiger partial charge is 0.344 e. The van der Waals surface area contributed by atoms with Crippen molar-refractivity contribution in [1.29, 1.82) is 0 Å². The van der Waals surface area contributed by atoms with Crippen molar-refractivity contribution < 1.29 is 0 Å². The van der Waals surface area contributed by atoms with Gasteiger partial charge < -0.3 is 9.13 Å². The van der Waals surface area contributed by atoms with Gasteiger partial charge in [0.1, 0.15) is 0 Å². The molecule has 0 bridgehead atoms. The molecule has 0 aliphatic carbocycles. The van der Waals surface area contributed by atoms with Crippen molar-refractivity contribution in [2.24, 2.45) is 0 Å². The van der Waals surface area contributed by atoms with Gasteiger partial charge in [-0.3, -0.25) is 0 Å². The molecule has 4 aromatic rings. The molecule has 0 spiro atoms. The Balaban J connectivity index is 1.90. The summed E-state index contributed by atoms with van der Waals surface area (Å²) in [6, 6.07) is 30.2. The maximum Gasteiger partial charge on any atom is 0.0828 e. The van der Waals surface area contributed by atoms with Crippen LogP contribution in [0.25, 0.3) is 0 Å². The van der Waals surface area contributed by atoms with E-state index in [2.05, 4.69) is 119 Å². The van der Waals surface area contributed by atoms with E-state index in [-0.39, 0.29) is 12.1 Å². The molecule has 0 aliphatic heterocycles. The normalized spacial score (nSPS) is 13.5. The van der Waals surface area contributed by atoms with Crippen LogP contribution in [-0.4, -0.2) is 9.13 Å². The van der Waals surface area contributed by atoms with Crippen molar-refractivity contribution in [3.05, 3.63) is 121 Å². The maximum absolute atomic E-state index is 2.30. The summed E-state index contributed by atoms with van der Waals surface area (Å²) >= 11 is 0. The summed E-state index contributed by atoms with van der Waals surface area (Å²) < 4.78 is 4.60. The molecule has 0 aliphatic rings. The first kappa shape index (κ1) is 14.6. The van der Waals surface area contributed by atoms with Crippen molar-refractivity contribution in [2.75, 3.05) is 0 Å². The molecular formula is C22H20N2. The predicted octanol–water partition coefficient (Wildman–Crippen LogP) is 5.17. The maximum atomic E-state index is 2.30. The van der Waals surface area contributed by atoms with Gasteiger partial charge in [0.2, 0.25) is 0 Å². The smallest absolute Gasteiger partial charge is 0.0828 e. The molecule has 2 heterocycles. The summed E-state index contributed by atoms with van der Waals surface area (Å²) in [6.07, 6.45) is 8.60. The molecule has 0 unspecified atom stereocenters. The third kappa shape index (κ3) is 2.79. The van der Waals surface area contributed by atoms with Gasteiger partial charge in [-0.15, -0.1) is 0 Å². The standard InChI is InChI=1S/C22H20N2/c1-3-11-19(12-4-1)21(23-15-7-8-16-23)22(24-17-9-10-18-24)20-13-5-2-6-14-20/h1-18,21-22H/t21-,22-/m1/s1. The van der Waals surface area contributed by atoms with E-state index < -0.39 is 0 Å². The summed E-state index contributed by atoms with van der Waals surface area (Å²) in [6.45, 7) is 0. The van der Waals surface area contributed by atoms with Crippen LogP contribution in [0.1, 0.15) is 23.2 Å². The lowest BCUT2D eigenvalue weighted by Crippen LogP contribution is -2.23. The van der Waals surface area contributed by atoms with Gasteiger partial charge >= 0.3 is 0 Å². The lowest BCUT2D eigenvalue weighted by molar-refractivity contribution is 0.424. The van der Waals surface area contributed by atoms with Crippen molar-refractivity contribution in [3.8, 4) is 0 Å². The molecule has 4 rings (SSSR count). The van der Waals surface area contributed by atoms with Crippen LogP contribution in [0.4, 0.5) is 0 Å². The van der Waals surface area contributed by atoms with E-state index in [1.54, 1.807) is 0 Å². The first-order valence-electron chi connectivity index (χ1n) is 8.28. The molecule has 0 fully saturated rings. The quantitative estimate of drug-likeness (QED) is 0.481. The van der Waals surface area contributed by atoms with Crippen molar-refractivity contribution in [1.82, 2.24) is 9.13 Å². The van der Waals surface area contributed by atoms with E-state index in [1.165, 1.54) is 11.1 Å². The van der Waals surface area contributed by atoms with Gasteiger partial charge in [0.25, 0.3) is 0 Å². The molecule has 2 nitrogen and oxygen atoms in total. The Kier molecular flexibility index (Phi) is 4.03. The van der Waals surface area contributed by atoms with Crippen LogP contribution in [0.5, 0.6) is 0 Å². The number of rotatable bonds is 5. The Morgan fingerprint density at radius 2 is 0.750 bits per heavy atom. The molecule has 0 saturated heterocycles. The first-order chi connectivity index (χ1) is 11.9. The Hall–Kier alpha value is -3.00. The zero-order valence-corrected chi connectivity index (χ0v) is 13.4. The zero-order valence-electron chi connectivity index (χ0n) is 13.4. The molecule has 0 N–H and O–H groups in total. The van der Waals surface area contributed by atoms with Crippen molar-refractivity contribution >= 4 is 0 Å². The van der Waals surface area contributed by atoms with Crippen LogP contribution in [0.2, 0.25) is 0 Å². The summed E-state index contributed by atoms with van der Waals surface area (Å²) in [7, 11) is 0. The fourth-order valence-electron chi connectivity index (χ4n) is 3.40. The topological polar surface area (TPSA) is 9.86 Å². The molecule has 2 aromatic heterocycles. The van der Waals surface area contributed by atoms with Gasteiger partial charge in [-0.2, -0.15) is 0 Å². The number of benzene rings is 2. The highest BCUT2D eigenvalue weighted by atomic mass is 15.1. The van der Waals surface area contributed by atoms with E-state index in [9.17, 15) is 0 Å². The number of aromatic nitrogens is 2. The SMILES string of the molecule is c1ccc([C@H]([C@@H](c2ccccc2)n2cccc2)n2cccc2)cc1. The van der Waals surface area contributed by atoms with Gasteiger partial charge in [-0.25, -0.2) is 0 Å². The summed E-state index contributed by atoms with van der Waals surface area (Å²) in [5, 5.41) is 0. The van der Waals surface area contributed by atoms with Crippen LogP contribution >= 0.6 is 0 Å². The minimum absolute atomic E-state index is 0.191. The molecule has 0 saturated carbocycles. The van der Waals surface area contributed by atoms with E-state index in [4.69, 9.17) is 0 Å². The van der Waals surface area contributed by atoms with Gasteiger partial charge in [0, 0.05) is 24.8 Å². The Morgan fingerprint density at radius 3 is 1.08 bits per heavy atom. The fraction of sp³-hybridized carbons (Fsp3) is 0.0909. The highest BCUT2D eigenvalue weighted by Gasteiger charge is 2.26. The second-order valence-electron chi connectivity index (χ2n) is 5.97. The minimum Gasteiger partial charge on any atom is -0.344 e. The van der Waals surface area contributed by atoms with Gasteiger partial charge in [-0.1, -0.05) is 60.7 Å². The average molecular weight is 312 g/mol. The highest BCUT2D eigenvalue weighted by molar-refractivity contribution is 5.30. The van der Waals surface area contributed by atoms with Gasteiger partial charge in [-0.05, 0) is 35.4 Å². The zero-order chi connectivity index (χ0) is 16.2. The van der Waals surface area contributed by atoms with E-state index in [0.717, 1.165) is 0 Å². The lowest BCUT2D eigenvalue weighted by Gasteiger charge is -2.31. The molecule has 118 valence electrons. The Labute approximate surface area is 142 Å². The number of nitrogens with zero attached hydrogens (tertiary/aromatic N) is 2. The summed E-state index contributed by atoms with van der Waals surface area (Å²) in [5.74, 6) is 0. The third-order valence-corrected chi connectivity index (χ3v) is 4.48. The second-order valence-corrected chi connectivity index (χ2v) is 5.97. The number of hydrogen-bond acceptors (Lipinski definition) is 0. The fourth-order valence-corrected chi connectivity index (χ4v) is 3.40. The van der Waals surface area contributed by atoms with Crippen LogP contribution < -0.4 is 0 Å². The van der Waals surface area contributed by atoms with Crippen molar-refractivity contribution in [2.45, 2.75) is 12.1 Å². The van der Waals surface area contributed by atoms with E-state index in [1.807, 2.05) is 0 Å².